The van der Waals surface area contributed by atoms with Crippen LogP contribution < -0.4 is 5.73 Å². The van der Waals surface area contributed by atoms with Crippen LogP contribution in [0.2, 0.25) is 0 Å². The van der Waals surface area contributed by atoms with Crippen LogP contribution in [-0.4, -0.2) is 30.5 Å². The van der Waals surface area contributed by atoms with Gasteiger partial charge in [-0.2, -0.15) is 0 Å². The molecule has 0 radical (unpaired) electrons. The second kappa shape index (κ2) is 4.21. The van der Waals surface area contributed by atoms with E-state index in [1.54, 1.807) is 0 Å². The molecule has 0 aromatic rings. The van der Waals surface area contributed by atoms with Crippen molar-refractivity contribution in [3.8, 4) is 0 Å². The van der Waals surface area contributed by atoms with Crippen molar-refractivity contribution in [3.63, 3.8) is 0 Å². The summed E-state index contributed by atoms with van der Waals surface area (Å²) in [7, 11) is 0. The second-order valence-electron chi connectivity index (χ2n) is 3.55. The van der Waals surface area contributed by atoms with Gasteiger partial charge in [0.2, 0.25) is 0 Å². The number of hydrogen-bond donors (Lipinski definition) is 2. The van der Waals surface area contributed by atoms with Gasteiger partial charge < -0.3 is 15.6 Å². The molecule has 1 atom stereocenters. The first kappa shape index (κ1) is 9.96. The molecule has 0 spiro atoms. The molecule has 0 saturated carbocycles. The Bertz CT molecular complexity index is 128. The fraction of sp³-hybridized carbons (Fsp3) is 1.00. The number of ether oxygens (including phenoxy) is 1. The van der Waals surface area contributed by atoms with Gasteiger partial charge in [-0.1, -0.05) is 6.92 Å². The highest BCUT2D eigenvalue weighted by Crippen LogP contribution is 2.29. The highest BCUT2D eigenvalue weighted by Gasteiger charge is 2.34. The van der Waals surface area contributed by atoms with E-state index < -0.39 is 5.60 Å². The highest BCUT2D eigenvalue weighted by molar-refractivity contribution is 4.87. The van der Waals surface area contributed by atoms with E-state index in [0.717, 1.165) is 32.5 Å². The molecule has 1 aliphatic heterocycles. The summed E-state index contributed by atoms with van der Waals surface area (Å²) in [6.07, 6.45) is 2.64. The van der Waals surface area contributed by atoms with Crippen LogP contribution in [0.1, 0.15) is 26.2 Å². The lowest BCUT2D eigenvalue weighted by atomic mass is 9.80. The fourth-order valence-corrected chi connectivity index (χ4v) is 1.83. The molecule has 1 unspecified atom stereocenters. The largest absolute Gasteiger partial charge is 0.388 e. The normalized spacial score (nSPS) is 25.2. The van der Waals surface area contributed by atoms with E-state index in [9.17, 15) is 5.11 Å². The van der Waals surface area contributed by atoms with Gasteiger partial charge in [-0.15, -0.1) is 0 Å². The van der Waals surface area contributed by atoms with E-state index in [1.807, 2.05) is 6.92 Å². The van der Waals surface area contributed by atoms with Crippen LogP contribution in [0.4, 0.5) is 0 Å². The molecule has 0 amide bonds. The maximum atomic E-state index is 10.1. The number of hydrogen-bond acceptors (Lipinski definition) is 3. The zero-order chi connectivity index (χ0) is 9.03. The van der Waals surface area contributed by atoms with Gasteiger partial charge in [0.25, 0.3) is 0 Å². The van der Waals surface area contributed by atoms with Crippen LogP contribution in [-0.2, 0) is 4.74 Å². The van der Waals surface area contributed by atoms with Crippen LogP contribution in [0.25, 0.3) is 0 Å². The molecule has 1 heterocycles. The lowest BCUT2D eigenvalue weighted by Gasteiger charge is -2.36. The van der Waals surface area contributed by atoms with Gasteiger partial charge >= 0.3 is 0 Å². The van der Waals surface area contributed by atoms with E-state index in [4.69, 9.17) is 10.5 Å². The van der Waals surface area contributed by atoms with Crippen molar-refractivity contribution in [1.82, 2.24) is 0 Å². The Morgan fingerprint density at radius 1 is 1.50 bits per heavy atom. The third kappa shape index (κ3) is 1.97. The summed E-state index contributed by atoms with van der Waals surface area (Å²) in [6.45, 7) is 3.90. The average Bonchev–Trinajstić information content (AvgIpc) is 2.18. The van der Waals surface area contributed by atoms with E-state index in [1.165, 1.54) is 0 Å². The van der Waals surface area contributed by atoms with Crippen LogP contribution in [0.3, 0.4) is 0 Å². The first-order valence-corrected chi connectivity index (χ1v) is 4.73. The van der Waals surface area contributed by atoms with Gasteiger partial charge in [0.1, 0.15) is 0 Å². The van der Waals surface area contributed by atoms with Gasteiger partial charge in [0, 0.05) is 19.8 Å². The number of aliphatic hydroxyl groups is 1. The molecule has 0 aromatic carbocycles. The minimum atomic E-state index is -0.649. The van der Waals surface area contributed by atoms with Gasteiger partial charge in [0.05, 0.1) is 5.60 Å². The molecule has 3 nitrogen and oxygen atoms in total. The minimum Gasteiger partial charge on any atom is -0.388 e. The molecule has 1 saturated heterocycles. The van der Waals surface area contributed by atoms with Crippen molar-refractivity contribution in [2.45, 2.75) is 31.8 Å². The topological polar surface area (TPSA) is 55.5 Å². The third-order valence-electron chi connectivity index (χ3n) is 2.95. The minimum absolute atomic E-state index is 0.334. The van der Waals surface area contributed by atoms with Crippen LogP contribution >= 0.6 is 0 Å². The molecule has 72 valence electrons. The molecule has 3 N–H and O–H groups in total. The molecule has 1 fully saturated rings. The van der Waals surface area contributed by atoms with Crippen LogP contribution in [0.5, 0.6) is 0 Å². The van der Waals surface area contributed by atoms with Crippen LogP contribution in [0, 0.1) is 5.92 Å². The lowest BCUT2D eigenvalue weighted by Crippen LogP contribution is -2.46. The first-order chi connectivity index (χ1) is 5.73. The summed E-state index contributed by atoms with van der Waals surface area (Å²) < 4.78 is 5.23. The van der Waals surface area contributed by atoms with Gasteiger partial charge in [0.15, 0.2) is 0 Å². The van der Waals surface area contributed by atoms with Crippen molar-refractivity contribution in [2.75, 3.05) is 19.8 Å². The van der Waals surface area contributed by atoms with E-state index in [0.29, 0.717) is 12.5 Å². The smallest absolute Gasteiger partial charge is 0.0796 e. The lowest BCUT2D eigenvalue weighted by molar-refractivity contribution is -0.0615. The SMILES string of the molecule is CCC(O)(CN)C1CCOCC1. The van der Waals surface area contributed by atoms with Crippen LogP contribution in [0.15, 0.2) is 0 Å². The molecule has 0 aromatic heterocycles. The van der Waals surface area contributed by atoms with Crippen molar-refractivity contribution in [3.05, 3.63) is 0 Å². The quantitative estimate of drug-likeness (QED) is 0.654. The van der Waals surface area contributed by atoms with E-state index >= 15 is 0 Å². The molecule has 1 aliphatic rings. The predicted molar refractivity (Wildman–Crippen MR) is 47.8 cm³/mol. The molecule has 12 heavy (non-hydrogen) atoms. The fourth-order valence-electron chi connectivity index (χ4n) is 1.83. The summed E-state index contributed by atoms with van der Waals surface area (Å²) in [5.74, 6) is 0.334. The summed E-state index contributed by atoms with van der Waals surface area (Å²) >= 11 is 0. The Morgan fingerprint density at radius 2 is 2.08 bits per heavy atom. The molecular formula is C9H19NO2. The molecule has 0 bridgehead atoms. The highest BCUT2D eigenvalue weighted by atomic mass is 16.5. The summed E-state index contributed by atoms with van der Waals surface area (Å²) in [5, 5.41) is 10.1. The zero-order valence-electron chi connectivity index (χ0n) is 7.75. The predicted octanol–water partition coefficient (Wildman–Crippen LogP) is 0.513. The van der Waals surface area contributed by atoms with Crippen molar-refractivity contribution in [2.24, 2.45) is 11.7 Å². The van der Waals surface area contributed by atoms with Crippen molar-refractivity contribution >= 4 is 0 Å². The Labute approximate surface area is 73.9 Å². The Kier molecular flexibility index (Phi) is 3.50. The summed E-state index contributed by atoms with van der Waals surface area (Å²) in [5.41, 5.74) is 4.91. The molecule has 0 aliphatic carbocycles. The van der Waals surface area contributed by atoms with Crippen molar-refractivity contribution in [1.29, 1.82) is 0 Å². The summed E-state index contributed by atoms with van der Waals surface area (Å²) in [6, 6.07) is 0. The number of nitrogens with two attached hydrogens (primary N) is 1. The van der Waals surface area contributed by atoms with Gasteiger partial charge in [-0.25, -0.2) is 0 Å². The Morgan fingerprint density at radius 3 is 2.50 bits per heavy atom. The maximum Gasteiger partial charge on any atom is 0.0796 e. The molecule has 1 rings (SSSR count). The Balaban J connectivity index is 2.51. The van der Waals surface area contributed by atoms with E-state index in [-0.39, 0.29) is 0 Å². The number of rotatable bonds is 3. The third-order valence-corrected chi connectivity index (χ3v) is 2.95. The first-order valence-electron chi connectivity index (χ1n) is 4.73. The van der Waals surface area contributed by atoms with Gasteiger partial charge in [-0.05, 0) is 25.2 Å². The maximum absolute atomic E-state index is 10.1. The second-order valence-corrected chi connectivity index (χ2v) is 3.55. The monoisotopic (exact) mass is 173 g/mol. The van der Waals surface area contributed by atoms with Gasteiger partial charge in [-0.3, -0.25) is 0 Å². The van der Waals surface area contributed by atoms with E-state index in [2.05, 4.69) is 0 Å². The molecule has 3 heteroatoms. The average molecular weight is 173 g/mol. The zero-order valence-corrected chi connectivity index (χ0v) is 7.75. The summed E-state index contributed by atoms with van der Waals surface area (Å²) in [4.78, 5) is 0. The molecular weight excluding hydrogens is 154 g/mol. The van der Waals surface area contributed by atoms with Crippen molar-refractivity contribution < 1.29 is 9.84 Å². The Hall–Kier alpha value is -0.120. The standard InChI is InChI=1S/C9H19NO2/c1-2-9(11,7-10)8-3-5-12-6-4-8/h8,11H,2-7,10H2,1H3.